The molecule has 104 valence electrons. The van der Waals surface area contributed by atoms with Crippen LogP contribution < -0.4 is 10.1 Å². The van der Waals surface area contributed by atoms with Gasteiger partial charge in [-0.15, -0.1) is 0 Å². The van der Waals surface area contributed by atoms with Crippen LogP contribution >= 0.6 is 15.9 Å². The summed E-state index contributed by atoms with van der Waals surface area (Å²) < 4.78 is 6.14. The van der Waals surface area contributed by atoms with E-state index < -0.39 is 4.92 Å². The number of anilines is 1. The SMILES string of the molecule is CNc1nc(C)c([N+](=O)[O-])c(Oc2cncc(Br)c2)n1. The molecular weight excluding hydrogens is 330 g/mol. The summed E-state index contributed by atoms with van der Waals surface area (Å²) in [5.41, 5.74) is -0.0590. The molecule has 2 rings (SSSR count). The van der Waals surface area contributed by atoms with Gasteiger partial charge < -0.3 is 10.1 Å². The third kappa shape index (κ3) is 2.99. The third-order valence-electron chi connectivity index (χ3n) is 2.33. The van der Waals surface area contributed by atoms with Crippen molar-refractivity contribution in [2.45, 2.75) is 6.92 Å². The quantitative estimate of drug-likeness (QED) is 0.674. The van der Waals surface area contributed by atoms with Gasteiger partial charge in [-0.25, -0.2) is 4.98 Å². The first-order valence-corrected chi connectivity index (χ1v) is 6.29. The molecule has 0 aromatic carbocycles. The van der Waals surface area contributed by atoms with Gasteiger partial charge in [0, 0.05) is 17.7 Å². The number of hydrogen-bond acceptors (Lipinski definition) is 7. The molecule has 0 fully saturated rings. The molecule has 0 spiro atoms. The molecule has 0 aliphatic rings. The van der Waals surface area contributed by atoms with Crippen LogP contribution in [0.3, 0.4) is 0 Å². The van der Waals surface area contributed by atoms with Crippen LogP contribution in [0.4, 0.5) is 11.6 Å². The molecule has 20 heavy (non-hydrogen) atoms. The van der Waals surface area contributed by atoms with E-state index in [4.69, 9.17) is 4.74 Å². The molecule has 0 bridgehead atoms. The van der Waals surface area contributed by atoms with Gasteiger partial charge in [0.2, 0.25) is 5.95 Å². The van der Waals surface area contributed by atoms with Crippen molar-refractivity contribution in [1.29, 1.82) is 0 Å². The van der Waals surface area contributed by atoms with Crippen LogP contribution in [0.15, 0.2) is 22.9 Å². The second-order valence-corrected chi connectivity index (χ2v) is 4.65. The largest absolute Gasteiger partial charge is 0.432 e. The van der Waals surface area contributed by atoms with Gasteiger partial charge >= 0.3 is 11.6 Å². The number of nitro groups is 1. The Bertz CT molecular complexity index is 665. The van der Waals surface area contributed by atoms with Gasteiger partial charge in [-0.2, -0.15) is 4.98 Å². The van der Waals surface area contributed by atoms with E-state index in [0.717, 1.165) is 0 Å². The van der Waals surface area contributed by atoms with E-state index in [2.05, 4.69) is 36.2 Å². The smallest absolute Gasteiger partial charge is 0.352 e. The second kappa shape index (κ2) is 5.78. The van der Waals surface area contributed by atoms with Crippen molar-refractivity contribution in [2.75, 3.05) is 12.4 Å². The fraction of sp³-hybridized carbons (Fsp3) is 0.182. The van der Waals surface area contributed by atoms with Crippen LogP contribution in [-0.4, -0.2) is 26.9 Å². The monoisotopic (exact) mass is 339 g/mol. The van der Waals surface area contributed by atoms with Crippen LogP contribution in [0.1, 0.15) is 5.69 Å². The molecule has 0 aliphatic heterocycles. The summed E-state index contributed by atoms with van der Waals surface area (Å²) in [6, 6.07) is 1.63. The number of rotatable bonds is 4. The average molecular weight is 340 g/mol. The standard InChI is InChI=1S/C11H10BrN5O3/c1-6-9(17(18)19)10(16-11(13-2)15-6)20-8-3-7(12)4-14-5-8/h3-5H,1-2H3,(H,13,15,16). The van der Waals surface area contributed by atoms with Crippen molar-refractivity contribution in [2.24, 2.45) is 0 Å². The molecule has 0 saturated carbocycles. The Morgan fingerprint density at radius 3 is 2.75 bits per heavy atom. The minimum atomic E-state index is -0.574. The third-order valence-corrected chi connectivity index (χ3v) is 2.76. The first-order valence-electron chi connectivity index (χ1n) is 5.50. The number of halogens is 1. The normalized spacial score (nSPS) is 10.2. The Balaban J connectivity index is 2.48. The Hall–Kier alpha value is -2.29. The number of ether oxygens (including phenoxy) is 1. The van der Waals surface area contributed by atoms with E-state index in [1.54, 1.807) is 19.3 Å². The van der Waals surface area contributed by atoms with Gasteiger partial charge in [0.15, 0.2) is 0 Å². The molecule has 0 amide bonds. The number of hydrogen-bond donors (Lipinski definition) is 1. The topological polar surface area (TPSA) is 103 Å². The zero-order chi connectivity index (χ0) is 14.7. The Labute approximate surface area is 122 Å². The molecule has 0 unspecified atom stereocenters. The minimum absolute atomic E-state index is 0.133. The first kappa shape index (κ1) is 14.1. The van der Waals surface area contributed by atoms with E-state index >= 15 is 0 Å². The predicted octanol–water partition coefficient (Wildman–Crippen LogP) is 2.68. The van der Waals surface area contributed by atoms with Crippen LogP contribution in [0.2, 0.25) is 0 Å². The van der Waals surface area contributed by atoms with Crippen molar-refractivity contribution in [3.8, 4) is 11.6 Å². The highest BCUT2D eigenvalue weighted by Crippen LogP contribution is 2.32. The highest BCUT2D eigenvalue weighted by molar-refractivity contribution is 9.10. The maximum atomic E-state index is 11.1. The molecule has 0 atom stereocenters. The fourth-order valence-electron chi connectivity index (χ4n) is 1.49. The number of nitrogens with zero attached hydrogens (tertiary/aromatic N) is 4. The molecule has 0 radical (unpaired) electrons. The molecule has 8 nitrogen and oxygen atoms in total. The first-order chi connectivity index (χ1) is 9.51. The van der Waals surface area contributed by atoms with Crippen LogP contribution in [0, 0.1) is 17.0 Å². The summed E-state index contributed by atoms with van der Waals surface area (Å²) in [7, 11) is 1.62. The number of pyridine rings is 1. The molecule has 2 aromatic heterocycles. The van der Waals surface area contributed by atoms with Gasteiger partial charge in [0.05, 0.1) is 11.1 Å². The molecule has 2 heterocycles. The highest BCUT2D eigenvalue weighted by Gasteiger charge is 2.24. The van der Waals surface area contributed by atoms with E-state index in [9.17, 15) is 10.1 Å². The summed E-state index contributed by atoms with van der Waals surface area (Å²) in [4.78, 5) is 22.4. The molecule has 9 heteroatoms. The molecular formula is C11H10BrN5O3. The second-order valence-electron chi connectivity index (χ2n) is 3.73. The summed E-state index contributed by atoms with van der Waals surface area (Å²) in [5, 5.41) is 13.8. The lowest BCUT2D eigenvalue weighted by atomic mass is 10.3. The summed E-state index contributed by atoms with van der Waals surface area (Å²) >= 11 is 3.24. The zero-order valence-electron chi connectivity index (χ0n) is 10.6. The van der Waals surface area contributed by atoms with Crippen molar-refractivity contribution < 1.29 is 9.66 Å². The summed E-state index contributed by atoms with van der Waals surface area (Å²) in [6.07, 6.45) is 3.01. The molecule has 2 aromatic rings. The summed E-state index contributed by atoms with van der Waals surface area (Å²) in [6.45, 7) is 1.52. The number of aryl methyl sites for hydroxylation is 1. The van der Waals surface area contributed by atoms with Gasteiger partial charge in [-0.3, -0.25) is 15.1 Å². The predicted molar refractivity (Wildman–Crippen MR) is 75.0 cm³/mol. The molecule has 0 aliphatic carbocycles. The lowest BCUT2D eigenvalue weighted by Gasteiger charge is -2.08. The van der Waals surface area contributed by atoms with Crippen LogP contribution in [0.5, 0.6) is 11.6 Å². The van der Waals surface area contributed by atoms with Crippen molar-refractivity contribution in [3.63, 3.8) is 0 Å². The molecule has 1 N–H and O–H groups in total. The van der Waals surface area contributed by atoms with E-state index in [-0.39, 0.29) is 23.2 Å². The van der Waals surface area contributed by atoms with Gasteiger partial charge in [-0.1, -0.05) is 0 Å². The van der Waals surface area contributed by atoms with Crippen molar-refractivity contribution >= 4 is 27.6 Å². The Morgan fingerprint density at radius 1 is 1.40 bits per heavy atom. The minimum Gasteiger partial charge on any atom is -0.432 e. The Morgan fingerprint density at radius 2 is 2.15 bits per heavy atom. The fourth-order valence-corrected chi connectivity index (χ4v) is 1.84. The van der Waals surface area contributed by atoms with Crippen LogP contribution in [0.25, 0.3) is 0 Å². The number of nitrogens with one attached hydrogen (secondary N) is 1. The van der Waals surface area contributed by atoms with Crippen molar-refractivity contribution in [1.82, 2.24) is 15.0 Å². The van der Waals surface area contributed by atoms with Gasteiger partial charge in [-0.05, 0) is 28.9 Å². The van der Waals surface area contributed by atoms with Crippen LogP contribution in [-0.2, 0) is 0 Å². The zero-order valence-corrected chi connectivity index (χ0v) is 12.2. The molecule has 0 saturated heterocycles. The maximum absolute atomic E-state index is 11.1. The summed E-state index contributed by atoms with van der Waals surface area (Å²) in [5.74, 6) is 0.445. The van der Waals surface area contributed by atoms with E-state index in [1.807, 2.05) is 0 Å². The van der Waals surface area contributed by atoms with Gasteiger partial charge in [0.25, 0.3) is 0 Å². The lowest BCUT2D eigenvalue weighted by Crippen LogP contribution is -2.05. The lowest BCUT2D eigenvalue weighted by molar-refractivity contribution is -0.386. The maximum Gasteiger partial charge on any atom is 0.352 e. The van der Waals surface area contributed by atoms with E-state index in [0.29, 0.717) is 10.2 Å². The Kier molecular flexibility index (Phi) is 4.08. The average Bonchev–Trinajstić information content (AvgIpc) is 2.37. The van der Waals surface area contributed by atoms with Gasteiger partial charge in [0.1, 0.15) is 11.4 Å². The van der Waals surface area contributed by atoms with Crippen molar-refractivity contribution in [3.05, 3.63) is 38.7 Å². The highest BCUT2D eigenvalue weighted by atomic mass is 79.9. The number of aromatic nitrogens is 3. The van der Waals surface area contributed by atoms with E-state index in [1.165, 1.54) is 13.1 Å².